The smallest absolute Gasteiger partial charge is 0.269 e. The van der Waals surface area contributed by atoms with E-state index in [-0.39, 0.29) is 30.6 Å². The molecule has 3 N–H and O–H groups in total. The van der Waals surface area contributed by atoms with Gasteiger partial charge in [-0.3, -0.25) is 14.3 Å². The summed E-state index contributed by atoms with van der Waals surface area (Å²) in [5, 5.41) is 6.92. The second-order valence-electron chi connectivity index (χ2n) is 5.74. The van der Waals surface area contributed by atoms with Gasteiger partial charge >= 0.3 is 0 Å². The summed E-state index contributed by atoms with van der Waals surface area (Å²) in [7, 11) is 0. The highest BCUT2D eigenvalue weighted by Gasteiger charge is 2.19. The minimum absolute atomic E-state index is 0.134. The molecule has 0 aliphatic heterocycles. The van der Waals surface area contributed by atoms with Gasteiger partial charge in [0.2, 0.25) is 11.8 Å². The second-order valence-corrected chi connectivity index (χ2v) is 5.74. The number of oxazole rings is 1. The van der Waals surface area contributed by atoms with Gasteiger partial charge in [0.25, 0.3) is 5.91 Å². The number of nitrogens with one attached hydrogen (secondary N) is 1. The van der Waals surface area contributed by atoms with Gasteiger partial charge in [-0.1, -0.05) is 13.8 Å². The summed E-state index contributed by atoms with van der Waals surface area (Å²) in [6.45, 7) is 4.37. The van der Waals surface area contributed by atoms with Crippen LogP contribution >= 0.6 is 0 Å². The number of primary amides is 1. The first kappa shape index (κ1) is 16.7. The molecule has 2 rings (SSSR count). The lowest BCUT2D eigenvalue weighted by Gasteiger charge is -2.19. The Hall–Kier alpha value is -2.64. The van der Waals surface area contributed by atoms with E-state index in [1.807, 2.05) is 0 Å². The molecule has 0 radical (unpaired) electrons. The first-order chi connectivity index (χ1) is 11.0. The zero-order chi connectivity index (χ0) is 16.8. The monoisotopic (exact) mass is 319 g/mol. The van der Waals surface area contributed by atoms with Crippen molar-refractivity contribution >= 4 is 11.8 Å². The van der Waals surface area contributed by atoms with Crippen LogP contribution in [0, 0.1) is 5.92 Å². The number of nitrogens with two attached hydrogens (primary N) is 1. The molecular formula is C15H21N5O3. The molecule has 2 aromatic heterocycles. The molecule has 2 aromatic rings. The Bertz CT molecular complexity index is 648. The van der Waals surface area contributed by atoms with Crippen LogP contribution in [0.15, 0.2) is 29.1 Å². The van der Waals surface area contributed by atoms with Crippen LogP contribution in [0.2, 0.25) is 0 Å². The summed E-state index contributed by atoms with van der Waals surface area (Å²) < 4.78 is 6.70. The van der Waals surface area contributed by atoms with E-state index in [1.54, 1.807) is 16.9 Å². The van der Waals surface area contributed by atoms with Gasteiger partial charge in [0.15, 0.2) is 0 Å². The normalized spacial score (nSPS) is 12.3. The Morgan fingerprint density at radius 1 is 1.43 bits per heavy atom. The average molecular weight is 319 g/mol. The molecular weight excluding hydrogens is 298 g/mol. The molecule has 2 amide bonds. The lowest BCUT2D eigenvalue weighted by atomic mass is 10.0. The van der Waals surface area contributed by atoms with Gasteiger partial charge in [0.1, 0.15) is 12.0 Å². The molecule has 0 aliphatic rings. The van der Waals surface area contributed by atoms with E-state index in [0.717, 1.165) is 6.42 Å². The van der Waals surface area contributed by atoms with Gasteiger partial charge in [-0.15, -0.1) is 0 Å². The summed E-state index contributed by atoms with van der Waals surface area (Å²) in [6.07, 6.45) is 5.66. The molecule has 0 aromatic carbocycles. The number of carbonyl (C=O) groups excluding carboxylic acids is 2. The first-order valence-corrected chi connectivity index (χ1v) is 7.45. The third-order valence-corrected chi connectivity index (χ3v) is 3.32. The minimum atomic E-state index is -0.583. The van der Waals surface area contributed by atoms with Crippen LogP contribution in [0.1, 0.15) is 49.1 Å². The second kappa shape index (κ2) is 7.57. The molecule has 23 heavy (non-hydrogen) atoms. The third kappa shape index (κ3) is 4.94. The summed E-state index contributed by atoms with van der Waals surface area (Å²) in [6, 6.07) is 1.41. The predicted octanol–water partition coefficient (Wildman–Crippen LogP) is 1.26. The van der Waals surface area contributed by atoms with Crippen LogP contribution in [0.25, 0.3) is 0 Å². The predicted molar refractivity (Wildman–Crippen MR) is 82.2 cm³/mol. The van der Waals surface area contributed by atoms with Gasteiger partial charge in [-0.25, -0.2) is 4.98 Å². The summed E-state index contributed by atoms with van der Waals surface area (Å²) in [5.74, 6) is 0.111. The number of nitrogens with zero attached hydrogens (tertiary/aromatic N) is 3. The van der Waals surface area contributed by atoms with Crippen molar-refractivity contribution in [3.63, 3.8) is 0 Å². The molecule has 0 unspecified atom stereocenters. The Morgan fingerprint density at radius 2 is 2.22 bits per heavy atom. The number of carbonyl (C=O) groups is 2. The molecule has 0 bridgehead atoms. The number of hydrogen-bond acceptors (Lipinski definition) is 5. The van der Waals surface area contributed by atoms with E-state index < -0.39 is 5.91 Å². The SMILES string of the molecule is CC(C)C[C@@H](CC(=O)NCc1ncco1)n1ccc(C(N)=O)n1. The van der Waals surface area contributed by atoms with Crippen molar-refractivity contribution < 1.29 is 14.0 Å². The van der Waals surface area contributed by atoms with Crippen LogP contribution in [-0.4, -0.2) is 26.6 Å². The molecule has 0 aliphatic carbocycles. The van der Waals surface area contributed by atoms with Crippen molar-refractivity contribution in [2.45, 2.75) is 39.3 Å². The number of aromatic nitrogens is 3. The Morgan fingerprint density at radius 3 is 2.78 bits per heavy atom. The van der Waals surface area contributed by atoms with Crippen molar-refractivity contribution in [1.29, 1.82) is 0 Å². The number of hydrogen-bond donors (Lipinski definition) is 2. The fourth-order valence-electron chi connectivity index (χ4n) is 2.30. The van der Waals surface area contributed by atoms with Gasteiger partial charge in [-0.2, -0.15) is 5.10 Å². The zero-order valence-electron chi connectivity index (χ0n) is 13.2. The lowest BCUT2D eigenvalue weighted by molar-refractivity contribution is -0.122. The van der Waals surface area contributed by atoms with E-state index in [0.29, 0.717) is 11.8 Å². The van der Waals surface area contributed by atoms with Crippen molar-refractivity contribution in [3.8, 4) is 0 Å². The maximum absolute atomic E-state index is 12.1. The quantitative estimate of drug-likeness (QED) is 0.760. The van der Waals surface area contributed by atoms with Gasteiger partial charge < -0.3 is 15.5 Å². The van der Waals surface area contributed by atoms with Gasteiger partial charge in [-0.05, 0) is 18.4 Å². The molecule has 0 spiro atoms. The topological polar surface area (TPSA) is 116 Å². The highest BCUT2D eigenvalue weighted by atomic mass is 16.3. The number of amides is 2. The van der Waals surface area contributed by atoms with Gasteiger partial charge in [0, 0.05) is 12.6 Å². The fraction of sp³-hybridized carbons (Fsp3) is 0.467. The molecule has 0 fully saturated rings. The summed E-state index contributed by atoms with van der Waals surface area (Å²) >= 11 is 0. The van der Waals surface area contributed by atoms with Crippen molar-refractivity contribution in [2.75, 3.05) is 0 Å². The lowest BCUT2D eigenvalue weighted by Crippen LogP contribution is -2.27. The zero-order valence-corrected chi connectivity index (χ0v) is 13.2. The van der Waals surface area contributed by atoms with Crippen LogP contribution < -0.4 is 11.1 Å². The summed E-state index contributed by atoms with van der Waals surface area (Å²) in [5.41, 5.74) is 5.41. The summed E-state index contributed by atoms with van der Waals surface area (Å²) in [4.78, 5) is 27.2. The molecule has 124 valence electrons. The molecule has 2 heterocycles. The standard InChI is InChI=1S/C15H21N5O3/c1-10(2)7-11(20-5-3-12(19-20)15(16)22)8-13(21)18-9-14-17-4-6-23-14/h3-6,10-11H,7-9H2,1-2H3,(H2,16,22)(H,18,21)/t11-/m0/s1. The largest absolute Gasteiger partial charge is 0.447 e. The van der Waals surface area contributed by atoms with E-state index >= 15 is 0 Å². The molecule has 8 nitrogen and oxygen atoms in total. The van der Waals surface area contributed by atoms with Crippen LogP contribution in [0.5, 0.6) is 0 Å². The van der Waals surface area contributed by atoms with E-state index in [4.69, 9.17) is 10.2 Å². The van der Waals surface area contributed by atoms with Gasteiger partial charge in [0.05, 0.1) is 18.8 Å². The van der Waals surface area contributed by atoms with Crippen molar-refractivity contribution in [2.24, 2.45) is 11.7 Å². The highest BCUT2D eigenvalue weighted by Crippen LogP contribution is 2.21. The highest BCUT2D eigenvalue weighted by molar-refractivity contribution is 5.90. The van der Waals surface area contributed by atoms with Crippen molar-refractivity contribution in [3.05, 3.63) is 36.3 Å². The molecule has 8 heteroatoms. The number of rotatable bonds is 8. The average Bonchev–Trinajstić information content (AvgIpc) is 3.15. The molecule has 0 saturated carbocycles. The van der Waals surface area contributed by atoms with Crippen LogP contribution in [0.3, 0.4) is 0 Å². The minimum Gasteiger partial charge on any atom is -0.447 e. The molecule has 0 saturated heterocycles. The Kier molecular flexibility index (Phi) is 5.51. The first-order valence-electron chi connectivity index (χ1n) is 7.45. The Balaban J connectivity index is 1.99. The van der Waals surface area contributed by atoms with E-state index in [2.05, 4.69) is 29.2 Å². The Labute approximate surface area is 134 Å². The fourth-order valence-corrected chi connectivity index (χ4v) is 2.30. The maximum Gasteiger partial charge on any atom is 0.269 e. The maximum atomic E-state index is 12.1. The van der Waals surface area contributed by atoms with E-state index in [9.17, 15) is 9.59 Å². The third-order valence-electron chi connectivity index (χ3n) is 3.32. The van der Waals surface area contributed by atoms with E-state index in [1.165, 1.54) is 12.5 Å². The van der Waals surface area contributed by atoms with Crippen LogP contribution in [-0.2, 0) is 11.3 Å². The molecule has 1 atom stereocenters. The van der Waals surface area contributed by atoms with Crippen molar-refractivity contribution in [1.82, 2.24) is 20.1 Å². The van der Waals surface area contributed by atoms with Crippen LogP contribution in [0.4, 0.5) is 0 Å².